The summed E-state index contributed by atoms with van der Waals surface area (Å²) in [5, 5.41) is 22.2. The highest BCUT2D eigenvalue weighted by Crippen LogP contribution is 2.25. The Kier molecular flexibility index (Phi) is 9.88. The van der Waals surface area contributed by atoms with E-state index in [0.29, 0.717) is 6.61 Å². The molecule has 0 fully saturated rings. The zero-order valence-electron chi connectivity index (χ0n) is 16.7. The molecule has 160 valence electrons. The summed E-state index contributed by atoms with van der Waals surface area (Å²) < 4.78 is 6.13. The summed E-state index contributed by atoms with van der Waals surface area (Å²) in [6.07, 6.45) is -0.632. The van der Waals surface area contributed by atoms with Gasteiger partial charge in [0.2, 0.25) is 0 Å². The predicted octanol–water partition coefficient (Wildman–Crippen LogP) is 2.28. The van der Waals surface area contributed by atoms with Gasteiger partial charge in [0.05, 0.1) is 26.0 Å². The monoisotopic (exact) mass is 413 g/mol. The van der Waals surface area contributed by atoms with Crippen LogP contribution in [-0.4, -0.2) is 54.4 Å². The number of hydrogen-bond acceptors (Lipinski definition) is 6. The van der Waals surface area contributed by atoms with Crippen LogP contribution in [-0.2, 0) is 14.3 Å². The standard InChI is InChI=1S/C18H21N3O.C4H6O4/c1-3-7-15(8-4-1)17(16-9-5-2-6-10-16)22-14-13-21-18-19-11-12-20-18;5-3(6)1-2-4(7)8/h1-10,17H,11-14H2,(H2,19,20,21);1-2H2,(H,5,6)(H,7,8). The topological polar surface area (TPSA) is 120 Å². The summed E-state index contributed by atoms with van der Waals surface area (Å²) in [5.41, 5.74) is 2.34. The number of aliphatic imine (C=N–C) groups is 1. The molecule has 0 spiro atoms. The fourth-order valence-corrected chi connectivity index (χ4v) is 2.72. The Bertz CT molecular complexity index is 759. The number of carboxylic acids is 2. The summed E-state index contributed by atoms with van der Waals surface area (Å²) in [7, 11) is 0. The molecule has 8 heteroatoms. The Morgan fingerprint density at radius 3 is 1.93 bits per heavy atom. The Balaban J connectivity index is 0.000000343. The van der Waals surface area contributed by atoms with Crippen LogP contribution < -0.4 is 10.6 Å². The molecule has 3 rings (SSSR count). The van der Waals surface area contributed by atoms with Crippen molar-refractivity contribution in [1.29, 1.82) is 0 Å². The fraction of sp³-hybridized carbons (Fsp3) is 0.318. The molecule has 2 aromatic rings. The number of nitrogens with one attached hydrogen (secondary N) is 2. The van der Waals surface area contributed by atoms with E-state index in [1.165, 1.54) is 11.1 Å². The zero-order valence-corrected chi connectivity index (χ0v) is 16.7. The second-order valence-corrected chi connectivity index (χ2v) is 6.44. The van der Waals surface area contributed by atoms with Gasteiger partial charge in [0.1, 0.15) is 6.10 Å². The normalized spacial score (nSPS) is 12.4. The van der Waals surface area contributed by atoms with Crippen LogP contribution >= 0.6 is 0 Å². The summed E-state index contributed by atoms with van der Waals surface area (Å²) in [6, 6.07) is 20.7. The van der Waals surface area contributed by atoms with Gasteiger partial charge < -0.3 is 25.6 Å². The molecule has 1 aliphatic heterocycles. The van der Waals surface area contributed by atoms with Gasteiger partial charge in [0.25, 0.3) is 0 Å². The van der Waals surface area contributed by atoms with Gasteiger partial charge in [-0.25, -0.2) is 0 Å². The highest BCUT2D eigenvalue weighted by Gasteiger charge is 2.14. The van der Waals surface area contributed by atoms with Gasteiger partial charge in [-0.15, -0.1) is 0 Å². The molecule has 0 amide bonds. The SMILES string of the molecule is O=C(O)CCC(=O)O.c1ccc(C(OCCNC2=NCCN2)c2ccccc2)cc1. The number of benzene rings is 2. The van der Waals surface area contributed by atoms with E-state index < -0.39 is 11.9 Å². The Morgan fingerprint density at radius 1 is 0.967 bits per heavy atom. The number of aliphatic carboxylic acids is 2. The van der Waals surface area contributed by atoms with Gasteiger partial charge in [0.15, 0.2) is 5.96 Å². The van der Waals surface area contributed by atoms with Crippen molar-refractivity contribution in [3.8, 4) is 0 Å². The highest BCUT2D eigenvalue weighted by molar-refractivity contribution is 5.81. The third-order valence-electron chi connectivity index (χ3n) is 4.11. The molecule has 30 heavy (non-hydrogen) atoms. The van der Waals surface area contributed by atoms with Crippen molar-refractivity contribution >= 4 is 17.9 Å². The van der Waals surface area contributed by atoms with Crippen molar-refractivity contribution < 1.29 is 24.5 Å². The molecule has 0 saturated carbocycles. The molecule has 1 aliphatic rings. The molecule has 0 aliphatic carbocycles. The summed E-state index contributed by atoms with van der Waals surface area (Å²) >= 11 is 0. The van der Waals surface area contributed by atoms with Gasteiger partial charge in [-0.1, -0.05) is 60.7 Å². The first kappa shape index (κ1) is 22.9. The third kappa shape index (κ3) is 8.74. The van der Waals surface area contributed by atoms with Crippen molar-refractivity contribution in [2.45, 2.75) is 18.9 Å². The smallest absolute Gasteiger partial charge is 0.303 e. The van der Waals surface area contributed by atoms with Crippen molar-refractivity contribution in [2.75, 3.05) is 26.2 Å². The average Bonchev–Trinajstić information content (AvgIpc) is 3.28. The highest BCUT2D eigenvalue weighted by atomic mass is 16.5. The van der Waals surface area contributed by atoms with Gasteiger partial charge in [-0.05, 0) is 11.1 Å². The Morgan fingerprint density at radius 2 is 1.50 bits per heavy atom. The van der Waals surface area contributed by atoms with Crippen LogP contribution in [0.15, 0.2) is 65.7 Å². The molecule has 8 nitrogen and oxygen atoms in total. The van der Waals surface area contributed by atoms with Crippen molar-refractivity contribution in [3.63, 3.8) is 0 Å². The average molecular weight is 413 g/mol. The largest absolute Gasteiger partial charge is 0.481 e. The van der Waals surface area contributed by atoms with E-state index in [2.05, 4.69) is 39.9 Å². The first-order valence-corrected chi connectivity index (χ1v) is 9.73. The molecular formula is C22H27N3O5. The van der Waals surface area contributed by atoms with Crippen LogP contribution in [0.3, 0.4) is 0 Å². The molecular weight excluding hydrogens is 386 g/mol. The predicted molar refractivity (Wildman–Crippen MR) is 113 cm³/mol. The Hall–Kier alpha value is -3.39. The lowest BCUT2D eigenvalue weighted by Gasteiger charge is -2.19. The maximum atomic E-state index is 9.64. The van der Waals surface area contributed by atoms with Gasteiger partial charge in [-0.3, -0.25) is 14.6 Å². The van der Waals surface area contributed by atoms with E-state index in [0.717, 1.165) is 25.6 Å². The second kappa shape index (κ2) is 12.9. The molecule has 0 atom stereocenters. The summed E-state index contributed by atoms with van der Waals surface area (Å²) in [5.74, 6) is -1.28. The van der Waals surface area contributed by atoms with Gasteiger partial charge >= 0.3 is 11.9 Å². The molecule has 0 aromatic heterocycles. The number of hydrogen-bond donors (Lipinski definition) is 4. The number of guanidine groups is 1. The van der Waals surface area contributed by atoms with Crippen LogP contribution in [0, 0.1) is 0 Å². The second-order valence-electron chi connectivity index (χ2n) is 6.44. The van der Waals surface area contributed by atoms with Crippen molar-refractivity contribution in [3.05, 3.63) is 71.8 Å². The molecule has 0 unspecified atom stereocenters. The molecule has 0 bridgehead atoms. The maximum Gasteiger partial charge on any atom is 0.303 e. The van der Waals surface area contributed by atoms with Crippen LogP contribution in [0.5, 0.6) is 0 Å². The molecule has 4 N–H and O–H groups in total. The van der Waals surface area contributed by atoms with Crippen LogP contribution in [0.25, 0.3) is 0 Å². The van der Waals surface area contributed by atoms with E-state index in [1.54, 1.807) is 0 Å². The van der Waals surface area contributed by atoms with E-state index in [9.17, 15) is 9.59 Å². The molecule has 1 heterocycles. The van der Waals surface area contributed by atoms with Crippen LogP contribution in [0.2, 0.25) is 0 Å². The minimum Gasteiger partial charge on any atom is -0.481 e. The van der Waals surface area contributed by atoms with E-state index in [1.807, 2.05) is 36.4 Å². The fourth-order valence-electron chi connectivity index (χ4n) is 2.72. The number of carbonyl (C=O) groups is 2. The lowest BCUT2D eigenvalue weighted by Crippen LogP contribution is -2.36. The lowest BCUT2D eigenvalue weighted by atomic mass is 10.0. The van der Waals surface area contributed by atoms with E-state index in [4.69, 9.17) is 14.9 Å². The van der Waals surface area contributed by atoms with Crippen molar-refractivity contribution in [2.24, 2.45) is 4.99 Å². The number of carboxylic acid groups (broad SMARTS) is 2. The van der Waals surface area contributed by atoms with E-state index >= 15 is 0 Å². The van der Waals surface area contributed by atoms with Gasteiger partial charge in [-0.2, -0.15) is 0 Å². The number of nitrogens with zero attached hydrogens (tertiary/aromatic N) is 1. The number of rotatable bonds is 9. The Labute approximate surface area is 175 Å². The maximum absolute atomic E-state index is 9.64. The number of ether oxygens (including phenoxy) is 1. The molecule has 2 aromatic carbocycles. The third-order valence-corrected chi connectivity index (χ3v) is 4.11. The molecule has 0 saturated heterocycles. The summed E-state index contributed by atoms with van der Waals surface area (Å²) in [4.78, 5) is 23.6. The van der Waals surface area contributed by atoms with Crippen LogP contribution in [0.1, 0.15) is 30.1 Å². The lowest BCUT2D eigenvalue weighted by molar-refractivity contribution is -0.143. The van der Waals surface area contributed by atoms with Crippen molar-refractivity contribution in [1.82, 2.24) is 10.6 Å². The first-order chi connectivity index (χ1) is 14.6. The van der Waals surface area contributed by atoms with Gasteiger partial charge in [0, 0.05) is 13.1 Å². The first-order valence-electron chi connectivity index (χ1n) is 9.73. The minimum atomic E-state index is -1.08. The summed E-state index contributed by atoms with van der Waals surface area (Å²) in [6.45, 7) is 3.12. The minimum absolute atomic E-state index is 0.0392. The van der Waals surface area contributed by atoms with E-state index in [-0.39, 0.29) is 18.9 Å². The van der Waals surface area contributed by atoms with Crippen LogP contribution in [0.4, 0.5) is 0 Å². The zero-order chi connectivity index (χ0) is 21.6. The molecule has 0 radical (unpaired) electrons. The quantitative estimate of drug-likeness (QED) is 0.466.